The van der Waals surface area contributed by atoms with Crippen LogP contribution in [-0.4, -0.2) is 5.90 Å². The van der Waals surface area contributed by atoms with Gasteiger partial charge in [-0.15, -0.1) is 5.10 Å². The van der Waals surface area contributed by atoms with E-state index in [-0.39, 0.29) is 6.42 Å². The van der Waals surface area contributed by atoms with Gasteiger partial charge in [0.25, 0.3) is 0 Å². The summed E-state index contributed by atoms with van der Waals surface area (Å²) in [7, 11) is 0. The first kappa shape index (κ1) is 12.9. The Morgan fingerprint density at radius 1 is 0.952 bits per heavy atom. The average molecular weight is 275 g/mol. The van der Waals surface area contributed by atoms with Crippen molar-refractivity contribution >= 4 is 17.4 Å². The molecule has 2 aromatic carbocycles. The van der Waals surface area contributed by atoms with Crippen LogP contribution in [0.3, 0.4) is 0 Å². The molecule has 0 aliphatic carbocycles. The van der Waals surface area contributed by atoms with E-state index in [1.807, 2.05) is 66.7 Å². The molecule has 0 aromatic heterocycles. The number of ether oxygens (including phenoxy) is 1. The normalized spacial score (nSPS) is 13.8. The fourth-order valence-corrected chi connectivity index (χ4v) is 2.10. The number of hydrogen-bond acceptors (Lipinski definition) is 4. The number of rotatable bonds is 3. The Bertz CT molecular complexity index is 728. The van der Waals surface area contributed by atoms with Crippen LogP contribution in [0.2, 0.25) is 0 Å². The SMILES string of the molecule is N#CCC1=NNC(c2ccccc2)=C(c2ccccc2)O1. The minimum Gasteiger partial charge on any atom is -0.437 e. The third kappa shape index (κ3) is 2.77. The van der Waals surface area contributed by atoms with Crippen molar-refractivity contribution in [2.75, 3.05) is 0 Å². The lowest BCUT2D eigenvalue weighted by atomic mass is 10.1. The molecule has 0 amide bonds. The minimum absolute atomic E-state index is 0.130. The van der Waals surface area contributed by atoms with Crippen LogP contribution in [0.15, 0.2) is 65.8 Å². The van der Waals surface area contributed by atoms with Crippen molar-refractivity contribution in [2.45, 2.75) is 6.42 Å². The molecule has 0 fully saturated rings. The fourth-order valence-electron chi connectivity index (χ4n) is 2.10. The van der Waals surface area contributed by atoms with Crippen molar-refractivity contribution in [1.29, 1.82) is 5.26 Å². The van der Waals surface area contributed by atoms with Gasteiger partial charge < -0.3 is 4.74 Å². The molecule has 3 rings (SSSR count). The van der Waals surface area contributed by atoms with Crippen molar-refractivity contribution in [1.82, 2.24) is 5.43 Å². The van der Waals surface area contributed by atoms with Crippen molar-refractivity contribution in [3.05, 3.63) is 71.8 Å². The molecule has 0 unspecified atom stereocenters. The second kappa shape index (κ2) is 5.93. The van der Waals surface area contributed by atoms with Gasteiger partial charge >= 0.3 is 0 Å². The maximum Gasteiger partial charge on any atom is 0.226 e. The Hall–Kier alpha value is -3.06. The zero-order valence-corrected chi connectivity index (χ0v) is 11.3. The molecule has 21 heavy (non-hydrogen) atoms. The van der Waals surface area contributed by atoms with Crippen LogP contribution in [-0.2, 0) is 4.74 Å². The Kier molecular flexibility index (Phi) is 3.66. The molecule has 1 aliphatic heterocycles. The number of nitrogens with zero attached hydrogens (tertiary/aromatic N) is 2. The third-order valence-electron chi connectivity index (χ3n) is 3.07. The lowest BCUT2D eigenvalue weighted by Gasteiger charge is -2.21. The molecular weight excluding hydrogens is 262 g/mol. The molecule has 0 radical (unpaired) electrons. The van der Waals surface area contributed by atoms with Gasteiger partial charge in [-0.3, -0.25) is 5.43 Å². The number of hydrogen-bond donors (Lipinski definition) is 1. The molecule has 0 bridgehead atoms. The van der Waals surface area contributed by atoms with Crippen molar-refractivity contribution in [3.8, 4) is 6.07 Å². The van der Waals surface area contributed by atoms with E-state index in [1.54, 1.807) is 0 Å². The topological polar surface area (TPSA) is 57.4 Å². The fraction of sp³-hybridized carbons (Fsp3) is 0.0588. The van der Waals surface area contributed by atoms with E-state index in [0.717, 1.165) is 16.8 Å². The molecule has 0 saturated heterocycles. The Morgan fingerprint density at radius 3 is 2.19 bits per heavy atom. The molecule has 0 atom stereocenters. The maximum absolute atomic E-state index is 8.80. The predicted octanol–water partition coefficient (Wildman–Crippen LogP) is 3.36. The first-order valence-electron chi connectivity index (χ1n) is 6.61. The molecule has 4 nitrogen and oxygen atoms in total. The van der Waals surface area contributed by atoms with Crippen LogP contribution in [0.1, 0.15) is 17.5 Å². The Balaban J connectivity index is 2.06. The zero-order chi connectivity index (χ0) is 14.5. The summed E-state index contributed by atoms with van der Waals surface area (Å²) in [6, 6.07) is 21.7. The molecule has 0 saturated carbocycles. The summed E-state index contributed by atoms with van der Waals surface area (Å²) in [5.41, 5.74) is 5.73. The zero-order valence-electron chi connectivity index (χ0n) is 11.3. The quantitative estimate of drug-likeness (QED) is 0.934. The van der Waals surface area contributed by atoms with E-state index in [2.05, 4.69) is 10.5 Å². The van der Waals surface area contributed by atoms with Gasteiger partial charge in [0.05, 0.1) is 6.07 Å². The van der Waals surface area contributed by atoms with Gasteiger partial charge in [-0.1, -0.05) is 60.7 Å². The lowest BCUT2D eigenvalue weighted by Crippen LogP contribution is -2.20. The van der Waals surface area contributed by atoms with Crippen LogP contribution >= 0.6 is 0 Å². The largest absolute Gasteiger partial charge is 0.437 e. The van der Waals surface area contributed by atoms with Gasteiger partial charge in [0.2, 0.25) is 5.90 Å². The molecule has 1 aliphatic rings. The first-order chi connectivity index (χ1) is 10.4. The molecule has 4 heteroatoms. The maximum atomic E-state index is 8.80. The molecule has 2 aromatic rings. The van der Waals surface area contributed by atoms with E-state index in [4.69, 9.17) is 10.00 Å². The summed E-state index contributed by atoms with van der Waals surface area (Å²) < 4.78 is 5.82. The van der Waals surface area contributed by atoms with Gasteiger partial charge in [-0.05, 0) is 0 Å². The van der Waals surface area contributed by atoms with E-state index < -0.39 is 0 Å². The van der Waals surface area contributed by atoms with Crippen LogP contribution in [0.5, 0.6) is 0 Å². The number of nitrogens with one attached hydrogen (secondary N) is 1. The minimum atomic E-state index is 0.130. The molecule has 1 N–H and O–H groups in total. The number of benzene rings is 2. The Morgan fingerprint density at radius 2 is 1.57 bits per heavy atom. The summed E-state index contributed by atoms with van der Waals surface area (Å²) in [5.74, 6) is 1.05. The average Bonchev–Trinajstić information content (AvgIpc) is 2.57. The highest BCUT2D eigenvalue weighted by atomic mass is 16.5. The van der Waals surface area contributed by atoms with Gasteiger partial charge in [0.1, 0.15) is 12.1 Å². The molecule has 1 heterocycles. The summed E-state index contributed by atoms with van der Waals surface area (Å²) in [6.45, 7) is 0. The highest BCUT2D eigenvalue weighted by molar-refractivity contribution is 5.95. The van der Waals surface area contributed by atoms with Crippen molar-refractivity contribution in [3.63, 3.8) is 0 Å². The monoisotopic (exact) mass is 275 g/mol. The lowest BCUT2D eigenvalue weighted by molar-refractivity contribution is 0.479. The van der Waals surface area contributed by atoms with E-state index in [0.29, 0.717) is 11.7 Å². The van der Waals surface area contributed by atoms with Crippen LogP contribution in [0.4, 0.5) is 0 Å². The van der Waals surface area contributed by atoms with Gasteiger partial charge in [-0.25, -0.2) is 0 Å². The number of nitriles is 1. The summed E-state index contributed by atoms with van der Waals surface area (Å²) >= 11 is 0. The highest BCUT2D eigenvalue weighted by Gasteiger charge is 2.19. The highest BCUT2D eigenvalue weighted by Crippen LogP contribution is 2.28. The summed E-state index contributed by atoms with van der Waals surface area (Å²) in [4.78, 5) is 0. The second-order valence-electron chi connectivity index (χ2n) is 4.49. The summed E-state index contributed by atoms with van der Waals surface area (Å²) in [6.07, 6.45) is 0.130. The van der Waals surface area contributed by atoms with Crippen molar-refractivity contribution in [2.24, 2.45) is 5.10 Å². The Labute approximate surface area is 123 Å². The van der Waals surface area contributed by atoms with E-state index in [9.17, 15) is 0 Å². The smallest absolute Gasteiger partial charge is 0.226 e. The molecular formula is C17H13N3O. The van der Waals surface area contributed by atoms with Crippen LogP contribution < -0.4 is 5.43 Å². The first-order valence-corrected chi connectivity index (χ1v) is 6.61. The summed E-state index contributed by atoms with van der Waals surface area (Å²) in [5, 5.41) is 12.9. The van der Waals surface area contributed by atoms with E-state index >= 15 is 0 Å². The second-order valence-corrected chi connectivity index (χ2v) is 4.49. The molecule has 102 valence electrons. The van der Waals surface area contributed by atoms with Crippen molar-refractivity contribution < 1.29 is 4.74 Å². The van der Waals surface area contributed by atoms with Crippen LogP contribution in [0, 0.1) is 11.3 Å². The van der Waals surface area contributed by atoms with Gasteiger partial charge in [0.15, 0.2) is 5.76 Å². The van der Waals surface area contributed by atoms with Gasteiger partial charge in [0, 0.05) is 11.1 Å². The third-order valence-corrected chi connectivity index (χ3v) is 3.07. The van der Waals surface area contributed by atoms with E-state index in [1.165, 1.54) is 0 Å². The van der Waals surface area contributed by atoms with Crippen LogP contribution in [0.25, 0.3) is 11.5 Å². The molecule has 0 spiro atoms. The van der Waals surface area contributed by atoms with Gasteiger partial charge in [-0.2, -0.15) is 5.26 Å². The standard InChI is InChI=1S/C17H13N3O/c18-12-11-15-19-20-16(13-7-3-1-4-8-13)17(21-15)14-9-5-2-6-10-14/h1-10,20H,11H2. The predicted molar refractivity (Wildman–Crippen MR) is 81.6 cm³/mol. The number of hydrazone groups is 1.